The van der Waals surface area contributed by atoms with E-state index in [4.69, 9.17) is 5.11 Å². The lowest BCUT2D eigenvalue weighted by Crippen LogP contribution is -2.18. The highest BCUT2D eigenvalue weighted by atomic mass is 16.4. The molecule has 124 valence electrons. The predicted molar refractivity (Wildman–Crippen MR) is 85.9 cm³/mol. The molecule has 1 aromatic heterocycles. The smallest absolute Gasteiger partial charge is 0.335 e. The van der Waals surface area contributed by atoms with Crippen molar-refractivity contribution in [2.75, 3.05) is 5.32 Å². The summed E-state index contributed by atoms with van der Waals surface area (Å²) in [5, 5.41) is 16.2. The quantitative estimate of drug-likeness (QED) is 0.898. The molecule has 1 aliphatic carbocycles. The molecular formula is C17H18N4O3. The maximum Gasteiger partial charge on any atom is 0.335 e. The first-order valence-electron chi connectivity index (χ1n) is 8.20. The highest BCUT2D eigenvalue weighted by molar-refractivity contribution is 5.92. The molecule has 7 heteroatoms. The zero-order valence-electron chi connectivity index (χ0n) is 13.1. The number of amides is 1. The number of carbonyl (C=O) groups excluding carboxylic acids is 1. The van der Waals surface area contributed by atoms with Crippen molar-refractivity contribution in [2.24, 2.45) is 5.92 Å². The fraction of sp³-hybridized carbons (Fsp3) is 0.412. The number of hydrogen-bond donors (Lipinski definition) is 2. The van der Waals surface area contributed by atoms with Crippen molar-refractivity contribution in [3.8, 4) is 0 Å². The van der Waals surface area contributed by atoms with Gasteiger partial charge in [-0.1, -0.05) is 12.1 Å². The maximum absolute atomic E-state index is 11.9. The number of benzene rings is 1. The average molecular weight is 326 g/mol. The molecule has 1 fully saturated rings. The Labute approximate surface area is 138 Å². The minimum Gasteiger partial charge on any atom is -0.478 e. The second-order valence-electron chi connectivity index (χ2n) is 6.40. The first kappa shape index (κ1) is 14.9. The number of aromatic nitrogens is 3. The number of aromatic carboxylic acids is 1. The molecule has 1 atom stereocenters. The van der Waals surface area contributed by atoms with Crippen molar-refractivity contribution in [3.05, 3.63) is 41.2 Å². The van der Waals surface area contributed by atoms with Crippen molar-refractivity contribution >= 4 is 17.8 Å². The summed E-state index contributed by atoms with van der Waals surface area (Å²) in [5.41, 5.74) is 1.29. The van der Waals surface area contributed by atoms with Crippen LogP contribution in [0.3, 0.4) is 0 Å². The lowest BCUT2D eigenvalue weighted by Gasteiger charge is -2.22. The van der Waals surface area contributed by atoms with Gasteiger partial charge in [-0.2, -0.15) is 4.98 Å². The van der Waals surface area contributed by atoms with E-state index in [0.717, 1.165) is 43.6 Å². The van der Waals surface area contributed by atoms with Gasteiger partial charge in [-0.15, -0.1) is 5.10 Å². The van der Waals surface area contributed by atoms with Gasteiger partial charge in [0.2, 0.25) is 11.9 Å². The van der Waals surface area contributed by atoms with Crippen LogP contribution in [0.1, 0.15) is 53.3 Å². The number of hydrogen-bond acceptors (Lipinski definition) is 4. The van der Waals surface area contributed by atoms with Crippen LogP contribution >= 0.6 is 0 Å². The Balaban J connectivity index is 1.59. The van der Waals surface area contributed by atoms with Crippen molar-refractivity contribution < 1.29 is 14.7 Å². The summed E-state index contributed by atoms with van der Waals surface area (Å²) in [7, 11) is 0. The van der Waals surface area contributed by atoms with E-state index in [1.54, 1.807) is 12.1 Å². The third-order valence-corrected chi connectivity index (χ3v) is 4.62. The fourth-order valence-electron chi connectivity index (χ4n) is 3.14. The van der Waals surface area contributed by atoms with Crippen molar-refractivity contribution in [1.82, 2.24) is 14.8 Å². The number of fused-ring (bicyclic) bond motifs is 1. The molecule has 1 aromatic carbocycles. The van der Waals surface area contributed by atoms with E-state index in [1.807, 2.05) is 16.8 Å². The number of rotatable bonds is 4. The molecule has 2 N–H and O–H groups in total. The van der Waals surface area contributed by atoms with Crippen molar-refractivity contribution in [3.63, 3.8) is 0 Å². The number of carboxylic acid groups (broad SMARTS) is 1. The Kier molecular flexibility index (Phi) is 3.55. The molecule has 1 saturated carbocycles. The third kappa shape index (κ3) is 2.77. The number of nitrogens with zero attached hydrogens (tertiary/aromatic N) is 3. The Morgan fingerprint density at radius 1 is 1.17 bits per heavy atom. The Morgan fingerprint density at radius 3 is 2.58 bits per heavy atom. The van der Waals surface area contributed by atoms with E-state index in [1.165, 1.54) is 0 Å². The van der Waals surface area contributed by atoms with Crippen LogP contribution in [0.25, 0.3) is 0 Å². The summed E-state index contributed by atoms with van der Waals surface area (Å²) in [6.07, 6.45) is 3.79. The molecule has 4 rings (SSSR count). The van der Waals surface area contributed by atoms with Crippen LogP contribution in [-0.4, -0.2) is 31.7 Å². The fourth-order valence-corrected chi connectivity index (χ4v) is 3.14. The van der Waals surface area contributed by atoms with Crippen LogP contribution < -0.4 is 5.32 Å². The molecule has 2 heterocycles. The summed E-state index contributed by atoms with van der Waals surface area (Å²) >= 11 is 0. The molecule has 1 aliphatic heterocycles. The molecule has 1 amide bonds. The van der Waals surface area contributed by atoms with Crippen LogP contribution in [0.4, 0.5) is 5.95 Å². The van der Waals surface area contributed by atoms with Gasteiger partial charge in [0.05, 0.1) is 5.56 Å². The highest BCUT2D eigenvalue weighted by Gasteiger charge is 2.31. The summed E-state index contributed by atoms with van der Waals surface area (Å²) < 4.78 is 1.85. The Hall–Kier alpha value is -2.70. The summed E-state index contributed by atoms with van der Waals surface area (Å²) in [5.74, 6) is 0.454. The van der Waals surface area contributed by atoms with Gasteiger partial charge >= 0.3 is 5.97 Å². The van der Waals surface area contributed by atoms with Gasteiger partial charge < -0.3 is 5.11 Å². The summed E-state index contributed by atoms with van der Waals surface area (Å²) in [4.78, 5) is 27.4. The zero-order chi connectivity index (χ0) is 16.7. The van der Waals surface area contributed by atoms with Gasteiger partial charge in [0.15, 0.2) is 0 Å². The van der Waals surface area contributed by atoms with Gasteiger partial charge in [0.1, 0.15) is 5.82 Å². The lowest BCUT2D eigenvalue weighted by molar-refractivity contribution is -0.117. The number of nitrogens with one attached hydrogen (secondary N) is 1. The molecule has 0 bridgehead atoms. The SMILES string of the molecule is O=C(O)c1ccc(C2CCCn3nc(NC(=O)C4CC4)nc32)cc1. The van der Waals surface area contributed by atoms with Gasteiger partial charge in [-0.05, 0) is 43.4 Å². The van der Waals surface area contributed by atoms with Crippen LogP contribution in [0.2, 0.25) is 0 Å². The zero-order valence-corrected chi connectivity index (χ0v) is 13.1. The minimum atomic E-state index is -0.932. The molecule has 2 aromatic rings. The molecule has 0 spiro atoms. The number of aryl methyl sites for hydroxylation is 1. The first-order valence-corrected chi connectivity index (χ1v) is 8.20. The molecule has 0 radical (unpaired) electrons. The van der Waals surface area contributed by atoms with Gasteiger partial charge in [0.25, 0.3) is 0 Å². The third-order valence-electron chi connectivity index (χ3n) is 4.62. The summed E-state index contributed by atoms with van der Waals surface area (Å²) in [6, 6.07) is 6.90. The monoisotopic (exact) mass is 326 g/mol. The van der Waals surface area contributed by atoms with E-state index in [2.05, 4.69) is 15.4 Å². The molecule has 0 saturated heterocycles. The topological polar surface area (TPSA) is 97.1 Å². The van der Waals surface area contributed by atoms with Gasteiger partial charge in [-0.25, -0.2) is 9.48 Å². The largest absolute Gasteiger partial charge is 0.478 e. The normalized spacial score (nSPS) is 19.6. The van der Waals surface area contributed by atoms with Crippen LogP contribution in [0.15, 0.2) is 24.3 Å². The number of carboxylic acids is 1. The maximum atomic E-state index is 11.9. The highest BCUT2D eigenvalue weighted by Crippen LogP contribution is 2.33. The van der Waals surface area contributed by atoms with Crippen LogP contribution in [0, 0.1) is 5.92 Å². The molecule has 2 aliphatic rings. The molecule has 24 heavy (non-hydrogen) atoms. The Bertz CT molecular complexity index is 793. The van der Waals surface area contributed by atoms with Crippen molar-refractivity contribution in [2.45, 2.75) is 38.1 Å². The molecular weight excluding hydrogens is 308 g/mol. The molecule has 7 nitrogen and oxygen atoms in total. The minimum absolute atomic E-state index is 0.000285. The number of carbonyl (C=O) groups is 2. The second kappa shape index (κ2) is 5.74. The number of anilines is 1. The molecule has 1 unspecified atom stereocenters. The van der Waals surface area contributed by atoms with Crippen LogP contribution in [0.5, 0.6) is 0 Å². The standard InChI is InChI=1S/C17H18N4O3/c22-15(11-5-6-11)19-17-18-14-13(2-1-9-21(14)20-17)10-3-7-12(8-4-10)16(23)24/h3-4,7-8,11,13H,1-2,5-6,9H2,(H,23,24)(H,19,20,22). The summed E-state index contributed by atoms with van der Waals surface area (Å²) in [6.45, 7) is 0.783. The van der Waals surface area contributed by atoms with Crippen molar-refractivity contribution in [1.29, 1.82) is 0 Å². The van der Waals surface area contributed by atoms with E-state index in [-0.39, 0.29) is 23.3 Å². The second-order valence-corrected chi connectivity index (χ2v) is 6.40. The van der Waals surface area contributed by atoms with Gasteiger partial charge in [0, 0.05) is 18.4 Å². The average Bonchev–Trinajstić information content (AvgIpc) is 3.35. The predicted octanol–water partition coefficient (Wildman–Crippen LogP) is 2.25. The van der Waals surface area contributed by atoms with E-state index in [0.29, 0.717) is 5.95 Å². The van der Waals surface area contributed by atoms with E-state index in [9.17, 15) is 9.59 Å². The van der Waals surface area contributed by atoms with E-state index >= 15 is 0 Å². The van der Waals surface area contributed by atoms with Crippen LogP contribution in [-0.2, 0) is 11.3 Å². The van der Waals surface area contributed by atoms with E-state index < -0.39 is 5.97 Å². The Morgan fingerprint density at radius 2 is 1.92 bits per heavy atom. The lowest BCUT2D eigenvalue weighted by atomic mass is 9.91. The van der Waals surface area contributed by atoms with Gasteiger partial charge in [-0.3, -0.25) is 10.1 Å². The first-order chi connectivity index (χ1) is 11.6.